The summed E-state index contributed by atoms with van der Waals surface area (Å²) in [4.78, 5) is 0. The van der Waals surface area contributed by atoms with Crippen LogP contribution in [0.4, 0.5) is 0 Å². The maximum atomic E-state index is 0. The van der Waals surface area contributed by atoms with Gasteiger partial charge in [0.2, 0.25) is 0 Å². The Balaban J connectivity index is 0. The molecule has 0 saturated carbocycles. The van der Waals surface area contributed by atoms with Crippen LogP contribution in [0.3, 0.4) is 0 Å². The minimum atomic E-state index is 0. The molecule has 0 atom stereocenters. The van der Waals surface area contributed by atoms with Gasteiger partial charge in [-0.1, -0.05) is 0 Å². The van der Waals surface area contributed by atoms with E-state index in [1.54, 1.807) is 0 Å². The molecule has 0 fully saturated rings. The summed E-state index contributed by atoms with van der Waals surface area (Å²) in [5.41, 5.74) is 0. The van der Waals surface area contributed by atoms with E-state index in [4.69, 9.17) is 0 Å². The second-order valence-corrected chi connectivity index (χ2v) is 0. The molecule has 0 aromatic rings. The first-order valence-electron chi connectivity index (χ1n) is 0. The Bertz CT molecular complexity index is 13.5. The van der Waals surface area contributed by atoms with Crippen molar-refractivity contribution < 1.29 is 40.3 Å². The zero-order valence-corrected chi connectivity index (χ0v) is 6.46. The van der Waals surface area contributed by atoms with E-state index in [0.717, 1.165) is 0 Å². The molecule has 0 nitrogen and oxygen atoms in total. The summed E-state index contributed by atoms with van der Waals surface area (Å²) in [5.74, 6) is 0. The molecule has 4 heteroatoms. The molecule has 0 heterocycles. The number of rotatable bonds is 0. The van der Waals surface area contributed by atoms with E-state index in [2.05, 4.69) is 0 Å². The minimum absolute atomic E-state index is 0. The van der Waals surface area contributed by atoms with Gasteiger partial charge in [0, 0.05) is 37.5 Å². The van der Waals surface area contributed by atoms with E-state index in [1.165, 1.54) is 0 Å². The summed E-state index contributed by atoms with van der Waals surface area (Å²) < 4.78 is 0. The summed E-state index contributed by atoms with van der Waals surface area (Å²) in [5, 5.41) is 0. The van der Waals surface area contributed by atoms with Crippen molar-refractivity contribution in [2.75, 3.05) is 0 Å². The second kappa shape index (κ2) is 17.9. The van der Waals surface area contributed by atoms with Crippen LogP contribution in [-0.4, -0.2) is 40.4 Å². The van der Waals surface area contributed by atoms with Crippen LogP contribution < -0.4 is 0 Å². The first-order chi connectivity index (χ1) is 0. The molecular weight excluding hydrogens is 301 g/mol. The molecule has 0 amide bonds. The number of hydrogen-bond donors (Lipinski definition) is 0. The SMILES string of the molecule is [AlH3].[Cu].[H-].[H-].[Mg+2].[Re]. The molecule has 0 N–H and O–H groups in total. The van der Waals surface area contributed by atoms with E-state index in [9.17, 15) is 0 Å². The predicted octanol–water partition coefficient (Wildman–Crippen LogP) is -1.34. The first kappa shape index (κ1) is 31.6. The van der Waals surface area contributed by atoms with Gasteiger partial charge in [-0.15, -0.1) is 0 Å². The van der Waals surface area contributed by atoms with Crippen LogP contribution in [-0.2, 0) is 37.5 Å². The predicted molar refractivity (Wildman–Crippen MR) is 17.9 cm³/mol. The average Bonchev–Trinajstić information content (AvgIpc) is 0. The van der Waals surface area contributed by atoms with Gasteiger partial charge in [0.15, 0.2) is 17.4 Å². The fraction of sp³-hybridized carbons (Fsp3) is 0. The molecule has 28 valence electrons. The van der Waals surface area contributed by atoms with Gasteiger partial charge < -0.3 is 2.85 Å². The molecule has 0 saturated heterocycles. The van der Waals surface area contributed by atoms with Crippen molar-refractivity contribution in [2.45, 2.75) is 0 Å². The van der Waals surface area contributed by atoms with Gasteiger partial charge in [-0.3, -0.25) is 0 Å². The van der Waals surface area contributed by atoms with E-state index >= 15 is 0 Å². The van der Waals surface area contributed by atoms with Crippen molar-refractivity contribution in [3.05, 3.63) is 0 Å². The third-order valence-electron chi connectivity index (χ3n) is 0. The molecule has 4 heavy (non-hydrogen) atoms. The Hall–Kier alpha value is 2.48. The largest absolute Gasteiger partial charge is 2.00 e. The van der Waals surface area contributed by atoms with Crippen molar-refractivity contribution in [3.63, 3.8) is 0 Å². The molecule has 2 radical (unpaired) electrons. The molecular formula is H5AlCuMgRe. The van der Waals surface area contributed by atoms with E-state index < -0.39 is 0 Å². The van der Waals surface area contributed by atoms with Crippen molar-refractivity contribution in [1.82, 2.24) is 0 Å². The Morgan fingerprint density at radius 3 is 1.25 bits per heavy atom. The molecule has 0 rings (SSSR count). The third kappa shape index (κ3) is 8.82. The van der Waals surface area contributed by atoms with Crippen molar-refractivity contribution in [3.8, 4) is 0 Å². The van der Waals surface area contributed by atoms with Crippen LogP contribution in [0.1, 0.15) is 2.85 Å². The molecule has 0 spiro atoms. The Morgan fingerprint density at radius 1 is 1.25 bits per heavy atom. The average molecular weight is 306 g/mol. The van der Waals surface area contributed by atoms with Crippen LogP contribution in [0.25, 0.3) is 0 Å². The van der Waals surface area contributed by atoms with Gasteiger partial charge in [0.25, 0.3) is 0 Å². The normalized spacial score (nSPS) is 0. The molecule has 0 aromatic heterocycles. The van der Waals surface area contributed by atoms with Crippen molar-refractivity contribution in [2.24, 2.45) is 0 Å². The molecule has 0 unspecified atom stereocenters. The smallest absolute Gasteiger partial charge is 1.00 e. The Labute approximate surface area is 79.9 Å². The molecule has 0 aromatic carbocycles. The molecule has 0 bridgehead atoms. The fourth-order valence-electron chi connectivity index (χ4n) is 0. The van der Waals surface area contributed by atoms with Crippen LogP contribution in [0.2, 0.25) is 0 Å². The first-order valence-corrected chi connectivity index (χ1v) is 0. The second-order valence-electron chi connectivity index (χ2n) is 0. The zero-order valence-electron chi connectivity index (χ0n) is 3.39. The van der Waals surface area contributed by atoms with E-state index in [-0.39, 0.29) is 80.8 Å². The van der Waals surface area contributed by atoms with Gasteiger partial charge in [0.1, 0.15) is 0 Å². The number of hydrogen-bond acceptors (Lipinski definition) is 0. The molecule has 0 aliphatic carbocycles. The van der Waals surface area contributed by atoms with E-state index in [1.807, 2.05) is 0 Å². The third-order valence-corrected chi connectivity index (χ3v) is 0. The maximum absolute atomic E-state index is 0. The fourth-order valence-corrected chi connectivity index (χ4v) is 0. The van der Waals surface area contributed by atoms with Crippen molar-refractivity contribution >= 4 is 40.4 Å². The van der Waals surface area contributed by atoms with Gasteiger partial charge >= 0.3 is 23.1 Å². The zero-order chi connectivity index (χ0) is 0. The van der Waals surface area contributed by atoms with Crippen LogP contribution in [0, 0.1) is 0 Å². The van der Waals surface area contributed by atoms with Crippen molar-refractivity contribution in [1.29, 1.82) is 0 Å². The van der Waals surface area contributed by atoms with Gasteiger partial charge in [-0.05, 0) is 0 Å². The van der Waals surface area contributed by atoms with Crippen LogP contribution in [0.5, 0.6) is 0 Å². The minimum Gasteiger partial charge on any atom is -1.00 e. The van der Waals surface area contributed by atoms with Gasteiger partial charge in [-0.25, -0.2) is 0 Å². The molecule has 0 aliphatic heterocycles. The standard InChI is InChI=1S/Al.Cu.Mg.Re.5H/q;;+2;;;;;2*-1. The van der Waals surface area contributed by atoms with Gasteiger partial charge in [-0.2, -0.15) is 0 Å². The molecule has 0 aliphatic rings. The summed E-state index contributed by atoms with van der Waals surface area (Å²) in [6.07, 6.45) is 0. The summed E-state index contributed by atoms with van der Waals surface area (Å²) >= 11 is 0. The maximum Gasteiger partial charge on any atom is 2.00 e. The Kier molecular flexibility index (Phi) is 141. The van der Waals surface area contributed by atoms with Crippen LogP contribution in [0.15, 0.2) is 0 Å². The summed E-state index contributed by atoms with van der Waals surface area (Å²) in [7, 11) is 0. The summed E-state index contributed by atoms with van der Waals surface area (Å²) in [6.45, 7) is 0. The van der Waals surface area contributed by atoms with Crippen LogP contribution >= 0.6 is 0 Å². The van der Waals surface area contributed by atoms with Gasteiger partial charge in [0.05, 0.1) is 0 Å². The Morgan fingerprint density at radius 2 is 1.25 bits per heavy atom. The van der Waals surface area contributed by atoms with E-state index in [0.29, 0.717) is 0 Å². The monoisotopic (exact) mass is 306 g/mol. The summed E-state index contributed by atoms with van der Waals surface area (Å²) in [6, 6.07) is 0. The topological polar surface area (TPSA) is 0 Å². The quantitative estimate of drug-likeness (QED) is 0.486.